The fraction of sp³-hybridized carbons (Fsp3) is 0.579. The molecule has 10 heteroatoms. The van der Waals surface area contributed by atoms with Crippen LogP contribution in [0, 0.1) is 0 Å². The minimum Gasteiger partial charge on any atom is -0.495 e. The van der Waals surface area contributed by atoms with Crippen LogP contribution in [-0.2, 0) is 19.6 Å². The van der Waals surface area contributed by atoms with Gasteiger partial charge in [0.2, 0.25) is 15.9 Å². The van der Waals surface area contributed by atoms with Gasteiger partial charge in [0.15, 0.2) is 0 Å². The molecule has 2 rings (SSSR count). The molecule has 162 valence electrons. The van der Waals surface area contributed by atoms with Gasteiger partial charge in [-0.3, -0.25) is 9.10 Å². The number of methoxy groups -OCH3 is 1. The SMILES string of the molecule is CCOC(=O)N1CCN(C(=O)CCCN(c2ccccc2OC)S(C)(=O)=O)CC1. The molecule has 29 heavy (non-hydrogen) atoms. The molecule has 1 aliphatic heterocycles. The van der Waals surface area contributed by atoms with Crippen molar-refractivity contribution in [3.63, 3.8) is 0 Å². The summed E-state index contributed by atoms with van der Waals surface area (Å²) in [4.78, 5) is 27.5. The van der Waals surface area contributed by atoms with E-state index in [1.165, 1.54) is 11.4 Å². The molecule has 1 heterocycles. The number of carbonyl (C=O) groups is 2. The Balaban J connectivity index is 1.90. The zero-order valence-corrected chi connectivity index (χ0v) is 18.0. The fourth-order valence-corrected chi connectivity index (χ4v) is 4.15. The van der Waals surface area contributed by atoms with Crippen LogP contribution in [0.5, 0.6) is 5.75 Å². The first-order chi connectivity index (χ1) is 13.8. The van der Waals surface area contributed by atoms with Gasteiger partial charge < -0.3 is 19.3 Å². The molecule has 1 saturated heterocycles. The van der Waals surface area contributed by atoms with Gasteiger partial charge in [0.05, 0.1) is 25.7 Å². The van der Waals surface area contributed by atoms with Crippen LogP contribution >= 0.6 is 0 Å². The number of rotatable bonds is 8. The molecule has 0 bridgehead atoms. The fourth-order valence-electron chi connectivity index (χ4n) is 3.19. The average Bonchev–Trinajstić information content (AvgIpc) is 2.70. The van der Waals surface area contributed by atoms with Crippen molar-refractivity contribution in [1.29, 1.82) is 0 Å². The molecule has 1 fully saturated rings. The Morgan fingerprint density at radius 1 is 1.10 bits per heavy atom. The number of anilines is 1. The van der Waals surface area contributed by atoms with Gasteiger partial charge in [0.25, 0.3) is 0 Å². The van der Waals surface area contributed by atoms with Crippen molar-refractivity contribution < 1.29 is 27.5 Å². The normalized spacial score (nSPS) is 14.4. The molecule has 0 saturated carbocycles. The topological polar surface area (TPSA) is 96.5 Å². The van der Waals surface area contributed by atoms with Crippen LogP contribution in [0.3, 0.4) is 0 Å². The second kappa shape index (κ2) is 10.3. The minimum absolute atomic E-state index is 0.0537. The molecule has 2 amide bonds. The largest absolute Gasteiger partial charge is 0.495 e. The Labute approximate surface area is 172 Å². The Morgan fingerprint density at radius 3 is 2.31 bits per heavy atom. The zero-order chi connectivity index (χ0) is 21.4. The maximum absolute atomic E-state index is 12.5. The van der Waals surface area contributed by atoms with Crippen LogP contribution in [0.2, 0.25) is 0 Å². The lowest BCUT2D eigenvalue weighted by Crippen LogP contribution is -2.50. The number of amides is 2. The Bertz CT molecular complexity index is 806. The molecule has 1 aromatic carbocycles. The number of benzene rings is 1. The number of hydrogen-bond donors (Lipinski definition) is 0. The predicted octanol–water partition coefficient (Wildman–Crippen LogP) is 1.54. The monoisotopic (exact) mass is 427 g/mol. The number of piperazine rings is 1. The maximum atomic E-state index is 12.5. The Kier molecular flexibility index (Phi) is 8.12. The summed E-state index contributed by atoms with van der Waals surface area (Å²) >= 11 is 0. The first kappa shape index (κ1) is 22.8. The second-order valence-corrected chi connectivity index (χ2v) is 8.58. The Morgan fingerprint density at radius 2 is 1.72 bits per heavy atom. The van der Waals surface area contributed by atoms with Gasteiger partial charge in [-0.25, -0.2) is 13.2 Å². The van der Waals surface area contributed by atoms with Gasteiger partial charge in [-0.05, 0) is 25.5 Å². The van der Waals surface area contributed by atoms with Crippen molar-refractivity contribution in [2.75, 3.05) is 57.0 Å². The first-order valence-electron chi connectivity index (χ1n) is 9.58. The lowest BCUT2D eigenvalue weighted by Gasteiger charge is -2.34. The van der Waals surface area contributed by atoms with Crippen molar-refractivity contribution in [1.82, 2.24) is 9.80 Å². The van der Waals surface area contributed by atoms with Gasteiger partial charge in [-0.1, -0.05) is 12.1 Å². The van der Waals surface area contributed by atoms with Crippen molar-refractivity contribution in [2.24, 2.45) is 0 Å². The number of ether oxygens (including phenoxy) is 2. The van der Waals surface area contributed by atoms with E-state index in [1.807, 2.05) is 0 Å². The molecule has 0 N–H and O–H groups in total. The number of carbonyl (C=O) groups excluding carboxylic acids is 2. The van der Waals surface area contributed by atoms with E-state index in [-0.39, 0.29) is 25.0 Å². The van der Waals surface area contributed by atoms with E-state index in [2.05, 4.69) is 0 Å². The van der Waals surface area contributed by atoms with Crippen molar-refractivity contribution >= 4 is 27.7 Å². The average molecular weight is 428 g/mol. The standard InChI is InChI=1S/C19H29N3O6S/c1-4-28-19(24)21-14-12-20(13-15-21)18(23)10-7-11-22(29(3,25)26)16-8-5-6-9-17(16)27-2/h5-6,8-9H,4,7,10-15H2,1-3H3. The Hall–Kier alpha value is -2.49. The quantitative estimate of drug-likeness (QED) is 0.624. The van der Waals surface area contributed by atoms with E-state index in [0.717, 1.165) is 6.26 Å². The van der Waals surface area contributed by atoms with Crippen LogP contribution in [0.1, 0.15) is 19.8 Å². The second-order valence-electron chi connectivity index (χ2n) is 6.68. The van der Waals surface area contributed by atoms with Gasteiger partial charge in [-0.15, -0.1) is 0 Å². The molecule has 0 spiro atoms. The molecule has 0 aromatic heterocycles. The molecule has 1 aliphatic rings. The van der Waals surface area contributed by atoms with Crippen LogP contribution in [0.25, 0.3) is 0 Å². The highest BCUT2D eigenvalue weighted by Crippen LogP contribution is 2.29. The summed E-state index contributed by atoms with van der Waals surface area (Å²) in [5, 5.41) is 0. The van der Waals surface area contributed by atoms with Crippen LogP contribution in [-0.4, -0.2) is 82.9 Å². The van der Waals surface area contributed by atoms with E-state index >= 15 is 0 Å². The van der Waals surface area contributed by atoms with E-state index in [1.54, 1.807) is 41.0 Å². The van der Waals surface area contributed by atoms with Crippen molar-refractivity contribution in [2.45, 2.75) is 19.8 Å². The lowest BCUT2D eigenvalue weighted by atomic mass is 10.2. The summed E-state index contributed by atoms with van der Waals surface area (Å²) in [6, 6.07) is 6.88. The van der Waals surface area contributed by atoms with Crippen LogP contribution < -0.4 is 9.04 Å². The summed E-state index contributed by atoms with van der Waals surface area (Å²) in [5.74, 6) is 0.404. The molecular weight excluding hydrogens is 398 g/mol. The predicted molar refractivity (Wildman–Crippen MR) is 110 cm³/mol. The van der Waals surface area contributed by atoms with Gasteiger partial charge >= 0.3 is 6.09 Å². The third-order valence-corrected chi connectivity index (χ3v) is 5.84. The molecule has 0 unspecified atom stereocenters. The summed E-state index contributed by atoms with van der Waals surface area (Å²) in [7, 11) is -2.04. The van der Waals surface area contributed by atoms with Gasteiger partial charge in [0.1, 0.15) is 5.75 Å². The van der Waals surface area contributed by atoms with E-state index in [9.17, 15) is 18.0 Å². The molecule has 0 radical (unpaired) electrons. The van der Waals surface area contributed by atoms with Gasteiger partial charge in [-0.2, -0.15) is 0 Å². The van der Waals surface area contributed by atoms with Crippen molar-refractivity contribution in [3.05, 3.63) is 24.3 Å². The zero-order valence-electron chi connectivity index (χ0n) is 17.2. The van der Waals surface area contributed by atoms with Crippen molar-refractivity contribution in [3.8, 4) is 5.75 Å². The number of nitrogens with zero attached hydrogens (tertiary/aromatic N) is 3. The lowest BCUT2D eigenvalue weighted by molar-refractivity contribution is -0.132. The van der Waals surface area contributed by atoms with E-state index < -0.39 is 10.0 Å². The number of hydrogen-bond acceptors (Lipinski definition) is 6. The third-order valence-electron chi connectivity index (χ3n) is 4.66. The molecule has 1 aromatic rings. The highest BCUT2D eigenvalue weighted by atomic mass is 32.2. The summed E-state index contributed by atoms with van der Waals surface area (Å²) in [6.45, 7) is 4.00. The molecular formula is C19H29N3O6S. The van der Waals surface area contributed by atoms with E-state index in [4.69, 9.17) is 9.47 Å². The smallest absolute Gasteiger partial charge is 0.409 e. The molecule has 0 aliphatic carbocycles. The minimum atomic E-state index is -3.53. The molecule has 9 nitrogen and oxygen atoms in total. The number of para-hydroxylation sites is 2. The number of sulfonamides is 1. The van der Waals surface area contributed by atoms with Crippen LogP contribution in [0.15, 0.2) is 24.3 Å². The summed E-state index contributed by atoms with van der Waals surface area (Å²) in [6.07, 6.45) is 1.37. The first-order valence-corrected chi connectivity index (χ1v) is 11.4. The summed E-state index contributed by atoms with van der Waals surface area (Å²) < 4.78 is 36.0. The third kappa shape index (κ3) is 6.25. The van der Waals surface area contributed by atoms with Gasteiger partial charge in [0, 0.05) is 39.1 Å². The highest BCUT2D eigenvalue weighted by molar-refractivity contribution is 7.92. The maximum Gasteiger partial charge on any atom is 0.409 e. The summed E-state index contributed by atoms with van der Waals surface area (Å²) in [5.41, 5.74) is 0.452. The molecule has 0 atom stereocenters. The van der Waals surface area contributed by atoms with Crippen LogP contribution in [0.4, 0.5) is 10.5 Å². The highest BCUT2D eigenvalue weighted by Gasteiger charge is 2.25. The van der Waals surface area contributed by atoms with E-state index in [0.29, 0.717) is 50.6 Å².